The lowest BCUT2D eigenvalue weighted by Gasteiger charge is -2.00. The molecular formula is C19H13ClN2O4. The highest BCUT2D eigenvalue weighted by molar-refractivity contribution is 6.31. The SMILES string of the molecule is O=C(O)c1cc(=O)[nH]c2ccccc12.O=c1ccc2cc(Cl)ccc2[nH]1. The lowest BCUT2D eigenvalue weighted by Crippen LogP contribution is -2.09. The van der Waals surface area contributed by atoms with Gasteiger partial charge in [-0.2, -0.15) is 0 Å². The molecular weight excluding hydrogens is 356 g/mol. The first-order valence-corrected chi connectivity index (χ1v) is 7.96. The van der Waals surface area contributed by atoms with Crippen molar-refractivity contribution in [3.05, 3.63) is 92.0 Å². The molecule has 2 aromatic heterocycles. The normalized spacial score (nSPS) is 10.3. The van der Waals surface area contributed by atoms with Gasteiger partial charge in [0.2, 0.25) is 11.1 Å². The van der Waals surface area contributed by atoms with Crippen molar-refractivity contribution in [1.29, 1.82) is 0 Å². The number of hydrogen-bond acceptors (Lipinski definition) is 3. The molecule has 0 amide bonds. The Morgan fingerprint density at radius 3 is 2.35 bits per heavy atom. The van der Waals surface area contributed by atoms with Crippen molar-refractivity contribution in [1.82, 2.24) is 9.97 Å². The standard InChI is InChI=1S/C10H7NO3.C9H6ClNO/c12-9-5-7(10(13)14)6-3-1-2-4-8(6)11-9;10-7-2-3-8-6(5-7)1-4-9(12)11-8/h1-5H,(H,11,12)(H,13,14);1-5H,(H,11,12). The summed E-state index contributed by atoms with van der Waals surface area (Å²) in [4.78, 5) is 38.1. The number of halogens is 1. The Kier molecular flexibility index (Phi) is 4.86. The monoisotopic (exact) mass is 368 g/mol. The summed E-state index contributed by atoms with van der Waals surface area (Å²) < 4.78 is 0. The molecule has 6 nitrogen and oxygen atoms in total. The number of aromatic nitrogens is 2. The van der Waals surface area contributed by atoms with Gasteiger partial charge in [0.05, 0.1) is 5.56 Å². The van der Waals surface area contributed by atoms with Gasteiger partial charge >= 0.3 is 5.97 Å². The van der Waals surface area contributed by atoms with Gasteiger partial charge in [0, 0.05) is 33.6 Å². The summed E-state index contributed by atoms with van der Waals surface area (Å²) in [6, 6.07) is 16.5. The van der Waals surface area contributed by atoms with Crippen LogP contribution in [0.3, 0.4) is 0 Å². The molecule has 0 aliphatic heterocycles. The van der Waals surface area contributed by atoms with E-state index < -0.39 is 11.5 Å². The number of aromatic carboxylic acids is 1. The van der Waals surface area contributed by atoms with Crippen LogP contribution in [0.5, 0.6) is 0 Å². The van der Waals surface area contributed by atoms with E-state index in [-0.39, 0.29) is 11.1 Å². The zero-order valence-corrected chi connectivity index (χ0v) is 14.1. The zero-order valence-electron chi connectivity index (χ0n) is 13.3. The number of H-pyrrole nitrogens is 2. The van der Waals surface area contributed by atoms with Crippen LogP contribution in [0, 0.1) is 0 Å². The number of fused-ring (bicyclic) bond motifs is 2. The highest BCUT2D eigenvalue weighted by Crippen LogP contribution is 2.15. The first kappa shape index (κ1) is 17.4. The van der Waals surface area contributed by atoms with Crippen molar-refractivity contribution < 1.29 is 9.90 Å². The zero-order chi connectivity index (χ0) is 18.7. The lowest BCUT2D eigenvalue weighted by molar-refractivity contribution is 0.0699. The van der Waals surface area contributed by atoms with E-state index in [2.05, 4.69) is 9.97 Å². The topological polar surface area (TPSA) is 103 Å². The van der Waals surface area contributed by atoms with Crippen LogP contribution < -0.4 is 11.1 Å². The largest absolute Gasteiger partial charge is 0.478 e. The van der Waals surface area contributed by atoms with E-state index in [1.54, 1.807) is 42.5 Å². The second-order valence-electron chi connectivity index (χ2n) is 5.45. The summed E-state index contributed by atoms with van der Waals surface area (Å²) in [5.41, 5.74) is 0.888. The lowest BCUT2D eigenvalue weighted by atomic mass is 10.1. The number of nitrogens with one attached hydrogen (secondary N) is 2. The van der Waals surface area contributed by atoms with Crippen molar-refractivity contribution in [3.8, 4) is 0 Å². The van der Waals surface area contributed by atoms with Gasteiger partial charge in [-0.1, -0.05) is 29.8 Å². The fourth-order valence-electron chi connectivity index (χ4n) is 2.51. The number of hydrogen-bond donors (Lipinski definition) is 3. The molecule has 0 atom stereocenters. The summed E-state index contributed by atoms with van der Waals surface area (Å²) >= 11 is 5.77. The fraction of sp³-hybridized carbons (Fsp3) is 0. The summed E-state index contributed by atoms with van der Waals surface area (Å²) in [7, 11) is 0. The summed E-state index contributed by atoms with van der Waals surface area (Å²) in [6.45, 7) is 0. The van der Waals surface area contributed by atoms with Gasteiger partial charge in [-0.05, 0) is 35.7 Å². The molecule has 0 fully saturated rings. The van der Waals surface area contributed by atoms with Crippen molar-refractivity contribution >= 4 is 39.4 Å². The molecule has 2 heterocycles. The maximum absolute atomic E-state index is 11.1. The highest BCUT2D eigenvalue weighted by atomic mass is 35.5. The smallest absolute Gasteiger partial charge is 0.336 e. The maximum atomic E-state index is 11.1. The van der Waals surface area contributed by atoms with Crippen LogP contribution >= 0.6 is 11.6 Å². The minimum Gasteiger partial charge on any atom is -0.478 e. The van der Waals surface area contributed by atoms with E-state index in [4.69, 9.17) is 16.7 Å². The number of para-hydroxylation sites is 1. The van der Waals surface area contributed by atoms with Gasteiger partial charge in [-0.15, -0.1) is 0 Å². The van der Waals surface area contributed by atoms with Crippen LogP contribution in [-0.4, -0.2) is 21.0 Å². The molecule has 4 aromatic rings. The van der Waals surface area contributed by atoms with Crippen molar-refractivity contribution in [2.24, 2.45) is 0 Å². The van der Waals surface area contributed by atoms with Crippen LogP contribution in [0.15, 0.2) is 70.3 Å². The Labute approximate surface area is 151 Å². The van der Waals surface area contributed by atoms with E-state index in [1.807, 2.05) is 6.07 Å². The van der Waals surface area contributed by atoms with Gasteiger partial charge in [0.15, 0.2) is 0 Å². The third kappa shape index (κ3) is 3.81. The van der Waals surface area contributed by atoms with Crippen LogP contribution in [0.4, 0.5) is 0 Å². The number of carbonyl (C=O) groups is 1. The number of rotatable bonds is 1. The van der Waals surface area contributed by atoms with Crippen molar-refractivity contribution in [2.45, 2.75) is 0 Å². The second kappa shape index (κ2) is 7.25. The van der Waals surface area contributed by atoms with E-state index >= 15 is 0 Å². The molecule has 0 radical (unpaired) electrons. The number of pyridine rings is 2. The Bertz CT molecular complexity index is 1230. The summed E-state index contributed by atoms with van der Waals surface area (Å²) in [5, 5.41) is 11.0. The molecule has 0 spiro atoms. The quantitative estimate of drug-likeness (QED) is 0.479. The number of aromatic amines is 2. The maximum Gasteiger partial charge on any atom is 0.336 e. The third-order valence-corrected chi connectivity index (χ3v) is 3.90. The number of carboxylic acids is 1. The average Bonchev–Trinajstić information content (AvgIpc) is 2.61. The molecule has 0 aliphatic rings. The minimum absolute atomic E-state index is 0.0318. The molecule has 0 saturated heterocycles. The first-order valence-electron chi connectivity index (χ1n) is 7.58. The Balaban J connectivity index is 0.000000152. The van der Waals surface area contributed by atoms with E-state index in [0.717, 1.165) is 17.0 Å². The predicted octanol–water partition coefficient (Wildman–Crippen LogP) is 3.41. The third-order valence-electron chi connectivity index (χ3n) is 3.67. The highest BCUT2D eigenvalue weighted by Gasteiger charge is 2.08. The van der Waals surface area contributed by atoms with Crippen molar-refractivity contribution in [3.63, 3.8) is 0 Å². The molecule has 4 rings (SSSR count). The summed E-state index contributed by atoms with van der Waals surface area (Å²) in [6.07, 6.45) is 0. The molecule has 7 heteroatoms. The molecule has 0 bridgehead atoms. The van der Waals surface area contributed by atoms with Gasteiger partial charge < -0.3 is 15.1 Å². The van der Waals surface area contributed by atoms with E-state index in [1.165, 1.54) is 6.07 Å². The van der Waals surface area contributed by atoms with Gasteiger partial charge in [-0.3, -0.25) is 9.59 Å². The Hall–Kier alpha value is -3.38. The van der Waals surface area contributed by atoms with Gasteiger partial charge in [0.25, 0.3) is 0 Å². The number of carboxylic acid groups (broad SMARTS) is 1. The van der Waals surface area contributed by atoms with Crippen LogP contribution in [-0.2, 0) is 0 Å². The molecule has 2 aromatic carbocycles. The fourth-order valence-corrected chi connectivity index (χ4v) is 2.69. The Morgan fingerprint density at radius 1 is 0.846 bits per heavy atom. The van der Waals surface area contributed by atoms with Crippen LogP contribution in [0.2, 0.25) is 5.02 Å². The first-order chi connectivity index (χ1) is 12.4. The Morgan fingerprint density at radius 2 is 1.58 bits per heavy atom. The molecule has 26 heavy (non-hydrogen) atoms. The molecule has 0 aliphatic carbocycles. The van der Waals surface area contributed by atoms with Gasteiger partial charge in [0.1, 0.15) is 0 Å². The van der Waals surface area contributed by atoms with E-state index in [9.17, 15) is 14.4 Å². The minimum atomic E-state index is -1.09. The predicted molar refractivity (Wildman–Crippen MR) is 101 cm³/mol. The molecule has 130 valence electrons. The molecule has 3 N–H and O–H groups in total. The van der Waals surface area contributed by atoms with Crippen LogP contribution in [0.25, 0.3) is 21.8 Å². The number of benzene rings is 2. The molecule has 0 unspecified atom stereocenters. The van der Waals surface area contributed by atoms with E-state index in [0.29, 0.717) is 15.9 Å². The summed E-state index contributed by atoms with van der Waals surface area (Å²) in [5.74, 6) is -1.09. The van der Waals surface area contributed by atoms with Crippen LogP contribution in [0.1, 0.15) is 10.4 Å². The van der Waals surface area contributed by atoms with Crippen molar-refractivity contribution in [2.75, 3.05) is 0 Å². The van der Waals surface area contributed by atoms with Gasteiger partial charge in [-0.25, -0.2) is 4.79 Å². The average molecular weight is 369 g/mol. The second-order valence-corrected chi connectivity index (χ2v) is 5.89. The molecule has 0 saturated carbocycles.